The van der Waals surface area contributed by atoms with Crippen molar-refractivity contribution in [2.75, 3.05) is 64.9 Å². The molecule has 2 aromatic carbocycles. The van der Waals surface area contributed by atoms with E-state index < -0.39 is 18.6 Å². The van der Waals surface area contributed by atoms with Crippen LogP contribution in [0.25, 0.3) is 21.9 Å². The van der Waals surface area contributed by atoms with Gasteiger partial charge in [-0.1, -0.05) is 6.07 Å². The number of ether oxygens (including phenoxy) is 3. The van der Waals surface area contributed by atoms with E-state index in [0.717, 1.165) is 75.5 Å². The summed E-state index contributed by atoms with van der Waals surface area (Å²) >= 11 is 0. The summed E-state index contributed by atoms with van der Waals surface area (Å²) in [6, 6.07) is 10.6. The number of imide groups is 1. The number of carbonyl (C=O) groups excluding carboxylic acids is 3. The van der Waals surface area contributed by atoms with Crippen molar-refractivity contribution in [1.29, 1.82) is 0 Å². The molecule has 4 saturated heterocycles. The van der Waals surface area contributed by atoms with Crippen molar-refractivity contribution >= 4 is 34.2 Å². The Morgan fingerprint density at radius 3 is 2.34 bits per heavy atom. The topological polar surface area (TPSA) is 139 Å². The van der Waals surface area contributed by atoms with Crippen molar-refractivity contribution in [2.24, 2.45) is 18.4 Å². The van der Waals surface area contributed by atoms with E-state index in [9.17, 15) is 28.0 Å². The van der Waals surface area contributed by atoms with Crippen molar-refractivity contribution < 1.29 is 37.4 Å². The summed E-state index contributed by atoms with van der Waals surface area (Å²) in [7, 11) is 4.84. The Morgan fingerprint density at radius 1 is 0.932 bits per heavy atom. The van der Waals surface area contributed by atoms with Crippen LogP contribution in [0.4, 0.5) is 14.5 Å². The van der Waals surface area contributed by atoms with Crippen LogP contribution < -0.4 is 30.0 Å². The molecule has 7 heterocycles. The van der Waals surface area contributed by atoms with Crippen LogP contribution in [0.2, 0.25) is 0 Å². The summed E-state index contributed by atoms with van der Waals surface area (Å²) in [6.07, 6.45) is 5.79. The molecule has 1 N–H and O–H groups in total. The first-order chi connectivity index (χ1) is 28.4. The number of pyridine rings is 2. The van der Waals surface area contributed by atoms with Gasteiger partial charge in [0.15, 0.2) is 0 Å². The zero-order chi connectivity index (χ0) is 41.2. The monoisotopic (exact) mass is 811 g/mol. The number of halogens is 2. The number of nitrogens with zero attached hydrogens (tertiary/aromatic N) is 6. The molecular weight excluding hydrogens is 765 g/mol. The van der Waals surface area contributed by atoms with Crippen LogP contribution in [0.3, 0.4) is 0 Å². The molecule has 1 spiro atoms. The number of carbonyl (C=O) groups is 3. The van der Waals surface area contributed by atoms with Crippen LogP contribution in [0.15, 0.2) is 53.6 Å². The predicted molar refractivity (Wildman–Crippen MR) is 214 cm³/mol. The van der Waals surface area contributed by atoms with E-state index in [4.69, 9.17) is 9.47 Å². The Balaban J connectivity index is 0.785. The Labute approximate surface area is 339 Å². The predicted octanol–water partition coefficient (Wildman–Crippen LogP) is 4.01. The first-order valence-corrected chi connectivity index (χ1v) is 20.1. The zero-order valence-electron chi connectivity index (χ0n) is 33.3. The van der Waals surface area contributed by atoms with E-state index >= 15 is 0 Å². The number of aromatic nitrogens is 2. The molecule has 0 bridgehead atoms. The number of methoxy groups -OCH3 is 2. The molecule has 1 atom stereocenters. The minimum absolute atomic E-state index is 0.141. The molecule has 2 aromatic heterocycles. The van der Waals surface area contributed by atoms with Crippen LogP contribution in [-0.4, -0.2) is 115 Å². The van der Waals surface area contributed by atoms with Gasteiger partial charge in [0.1, 0.15) is 17.5 Å². The molecule has 9 rings (SSSR count). The third kappa shape index (κ3) is 7.26. The molecule has 310 valence electrons. The van der Waals surface area contributed by atoms with E-state index in [1.54, 1.807) is 32.4 Å². The third-order valence-electron chi connectivity index (χ3n) is 12.9. The number of amides is 3. The molecule has 5 aliphatic heterocycles. The molecule has 14 nitrogen and oxygen atoms in total. The second kappa shape index (κ2) is 15.2. The first kappa shape index (κ1) is 38.9. The number of alkyl halides is 2. The van der Waals surface area contributed by atoms with Gasteiger partial charge >= 0.3 is 6.61 Å². The second-order valence-electron chi connectivity index (χ2n) is 16.7. The smallest absolute Gasteiger partial charge is 0.388 e. The highest BCUT2D eigenvalue weighted by atomic mass is 19.3. The highest BCUT2D eigenvalue weighted by Crippen LogP contribution is 2.44. The SMILES string of the molecule is COc1cc(-c2cn(C)c(=O)c3cnc(OC(F)F)cc23)cc(OC)c1CN1CC(CN2CCC3(CC2)CN(c2ccc4c(c2)C(=O)N(C2CCC(=O)NC2=O)C4)C3)C1. The van der Waals surface area contributed by atoms with Crippen LogP contribution in [0.1, 0.15) is 47.2 Å². The van der Waals surface area contributed by atoms with Crippen molar-refractivity contribution in [3.05, 3.63) is 75.8 Å². The molecule has 5 aliphatic rings. The maximum atomic E-state index is 13.4. The fraction of sp³-hybridized carbons (Fsp3) is 0.465. The Morgan fingerprint density at radius 2 is 1.66 bits per heavy atom. The number of piperidine rings is 2. The summed E-state index contributed by atoms with van der Waals surface area (Å²) in [5, 5.41) is 3.07. The number of anilines is 1. The molecule has 4 fully saturated rings. The number of rotatable bonds is 11. The molecule has 59 heavy (non-hydrogen) atoms. The molecule has 1 unspecified atom stereocenters. The summed E-state index contributed by atoms with van der Waals surface area (Å²) in [5.74, 6) is 0.702. The average molecular weight is 812 g/mol. The third-order valence-corrected chi connectivity index (χ3v) is 12.9. The molecule has 0 aliphatic carbocycles. The summed E-state index contributed by atoms with van der Waals surface area (Å²) < 4.78 is 43.8. The maximum absolute atomic E-state index is 13.4. The van der Waals surface area contributed by atoms with Crippen LogP contribution in [-0.2, 0) is 29.7 Å². The molecule has 3 amide bonds. The van der Waals surface area contributed by atoms with Gasteiger partial charge in [0.25, 0.3) is 11.5 Å². The van der Waals surface area contributed by atoms with E-state index in [-0.39, 0.29) is 40.5 Å². The van der Waals surface area contributed by atoms with Crippen molar-refractivity contribution in [3.63, 3.8) is 0 Å². The quantitative estimate of drug-likeness (QED) is 0.220. The minimum Gasteiger partial charge on any atom is -0.496 e. The van der Waals surface area contributed by atoms with E-state index in [1.165, 1.54) is 16.8 Å². The standard InChI is InChI=1S/C43H47F2N7O7/c1-48-21-32(30-15-38(59-42(44)45)46-16-31(30)40(48)55)27-12-35(57-2)33(36(13-27)58-3)22-50-18-25(19-50)17-49-10-8-43(9-11-49)23-51(24-43)28-5-4-26-20-52(41(56)29(26)14-28)34-6-7-37(53)47-39(34)54/h4-5,12-16,21,25,34,42H,6-11,17-20,22-24H2,1-3H3,(H,47,53,54). The van der Waals surface area contributed by atoms with Gasteiger partial charge in [-0.2, -0.15) is 8.78 Å². The average Bonchev–Trinajstić information content (AvgIpc) is 3.52. The number of hydrogen-bond donors (Lipinski definition) is 1. The maximum Gasteiger partial charge on any atom is 0.388 e. The summed E-state index contributed by atoms with van der Waals surface area (Å²) in [4.78, 5) is 63.2. The number of aryl methyl sites for hydroxylation is 1. The van der Waals surface area contributed by atoms with Crippen LogP contribution in [0, 0.1) is 11.3 Å². The fourth-order valence-corrected chi connectivity index (χ4v) is 9.74. The van der Waals surface area contributed by atoms with Gasteiger partial charge in [-0.3, -0.25) is 29.4 Å². The largest absolute Gasteiger partial charge is 0.496 e. The van der Waals surface area contributed by atoms with Gasteiger partial charge < -0.3 is 33.5 Å². The zero-order valence-corrected chi connectivity index (χ0v) is 33.3. The Bertz CT molecular complexity index is 2380. The minimum atomic E-state index is -3.05. The molecule has 0 radical (unpaired) electrons. The first-order valence-electron chi connectivity index (χ1n) is 20.1. The van der Waals surface area contributed by atoms with Gasteiger partial charge in [-0.05, 0) is 73.7 Å². The van der Waals surface area contributed by atoms with Crippen LogP contribution in [0.5, 0.6) is 17.4 Å². The normalized spacial score (nSPS) is 20.8. The highest BCUT2D eigenvalue weighted by molar-refractivity contribution is 6.05. The Hall–Kier alpha value is -5.61. The van der Waals surface area contributed by atoms with Crippen LogP contribution >= 0.6 is 0 Å². The van der Waals surface area contributed by atoms with Gasteiger partial charge in [0.2, 0.25) is 17.7 Å². The number of fused-ring (bicyclic) bond motifs is 2. The van der Waals surface area contributed by atoms with Gasteiger partial charge in [-0.25, -0.2) is 4.98 Å². The van der Waals surface area contributed by atoms with Gasteiger partial charge in [0.05, 0.1) is 25.2 Å². The molecular formula is C43H47F2N7O7. The fourth-order valence-electron chi connectivity index (χ4n) is 9.74. The summed E-state index contributed by atoms with van der Waals surface area (Å²) in [5.41, 5.74) is 4.81. The molecule has 4 aromatic rings. The van der Waals surface area contributed by atoms with Crippen molar-refractivity contribution in [1.82, 2.24) is 29.6 Å². The molecule has 16 heteroatoms. The Kier molecular flexibility index (Phi) is 10.0. The lowest BCUT2D eigenvalue weighted by molar-refractivity contribution is -0.136. The highest BCUT2D eigenvalue weighted by Gasteiger charge is 2.46. The van der Waals surface area contributed by atoms with Crippen molar-refractivity contribution in [2.45, 2.75) is 51.4 Å². The van der Waals surface area contributed by atoms with Crippen molar-refractivity contribution in [3.8, 4) is 28.5 Å². The lowest BCUT2D eigenvalue weighted by atomic mass is 9.71. The lowest BCUT2D eigenvalue weighted by Crippen LogP contribution is -2.61. The van der Waals surface area contributed by atoms with Gasteiger partial charge in [0, 0.05) is 105 Å². The van der Waals surface area contributed by atoms with E-state index in [2.05, 4.69) is 35.8 Å². The number of nitrogens with one attached hydrogen (secondary N) is 1. The number of hydrogen-bond acceptors (Lipinski definition) is 11. The summed E-state index contributed by atoms with van der Waals surface area (Å²) in [6.45, 7) is 4.97. The number of likely N-dealkylation sites (tertiary alicyclic amines) is 2. The molecule has 0 saturated carbocycles. The number of benzene rings is 2. The van der Waals surface area contributed by atoms with E-state index in [0.29, 0.717) is 59.0 Å². The van der Waals surface area contributed by atoms with E-state index in [1.807, 2.05) is 24.3 Å². The lowest BCUT2D eigenvalue weighted by Gasteiger charge is -2.55. The van der Waals surface area contributed by atoms with Gasteiger partial charge in [-0.15, -0.1) is 0 Å². The second-order valence-corrected chi connectivity index (χ2v) is 16.7.